The Morgan fingerprint density at radius 2 is 1.93 bits per heavy atom. The lowest BCUT2D eigenvalue weighted by molar-refractivity contribution is -0.143. The summed E-state index contributed by atoms with van der Waals surface area (Å²) < 4.78 is 33.5. The van der Waals surface area contributed by atoms with E-state index >= 15 is 0 Å². The molecule has 0 saturated carbocycles. The molecule has 29 heavy (non-hydrogen) atoms. The van der Waals surface area contributed by atoms with E-state index in [9.17, 15) is 13.2 Å². The number of nitrogens with zero attached hydrogens (tertiary/aromatic N) is 1. The number of esters is 1. The Kier molecular flexibility index (Phi) is 6.59. The van der Waals surface area contributed by atoms with Crippen molar-refractivity contribution in [3.8, 4) is 0 Å². The van der Waals surface area contributed by atoms with Gasteiger partial charge in [-0.2, -0.15) is 0 Å². The van der Waals surface area contributed by atoms with Crippen LogP contribution in [0.1, 0.15) is 44.4 Å². The van der Waals surface area contributed by atoms with E-state index in [4.69, 9.17) is 4.74 Å². The Balaban J connectivity index is 1.92. The number of hydrogen-bond donors (Lipinski definition) is 1. The van der Waals surface area contributed by atoms with Crippen LogP contribution in [0.15, 0.2) is 53.4 Å². The monoisotopic (exact) mass is 416 g/mol. The Morgan fingerprint density at radius 3 is 2.59 bits per heavy atom. The molecular weight excluding hydrogens is 388 g/mol. The highest BCUT2D eigenvalue weighted by molar-refractivity contribution is 7.89. The molecule has 0 spiro atoms. The molecule has 0 amide bonds. The molecule has 1 heterocycles. The van der Waals surface area contributed by atoms with E-state index in [1.54, 1.807) is 25.1 Å². The molecule has 0 aromatic heterocycles. The van der Waals surface area contributed by atoms with Crippen LogP contribution in [-0.4, -0.2) is 33.6 Å². The molecule has 0 saturated heterocycles. The third-order valence-corrected chi connectivity index (χ3v) is 6.72. The van der Waals surface area contributed by atoms with Crippen LogP contribution >= 0.6 is 0 Å². The molecule has 6 nitrogen and oxygen atoms in total. The summed E-state index contributed by atoms with van der Waals surface area (Å²) in [5, 5.41) is 0. The van der Waals surface area contributed by atoms with Crippen LogP contribution in [0.3, 0.4) is 0 Å². The van der Waals surface area contributed by atoms with Gasteiger partial charge in [-0.05, 0) is 56.5 Å². The van der Waals surface area contributed by atoms with Crippen LogP contribution in [-0.2, 0) is 26.0 Å². The average Bonchev–Trinajstić information content (AvgIpc) is 3.02. The Bertz CT molecular complexity index is 960. The third kappa shape index (κ3) is 4.79. The van der Waals surface area contributed by atoms with Gasteiger partial charge in [-0.25, -0.2) is 13.1 Å². The van der Waals surface area contributed by atoms with E-state index in [2.05, 4.69) is 23.5 Å². The molecule has 7 heteroatoms. The van der Waals surface area contributed by atoms with Crippen LogP contribution in [0, 0.1) is 0 Å². The molecule has 2 aromatic rings. The van der Waals surface area contributed by atoms with E-state index in [0.29, 0.717) is 6.04 Å². The van der Waals surface area contributed by atoms with Crippen molar-refractivity contribution in [2.24, 2.45) is 0 Å². The number of sulfonamides is 1. The van der Waals surface area contributed by atoms with E-state index in [0.717, 1.165) is 18.5 Å². The number of anilines is 1. The van der Waals surface area contributed by atoms with Gasteiger partial charge in [0.15, 0.2) is 0 Å². The van der Waals surface area contributed by atoms with Crippen molar-refractivity contribution in [1.29, 1.82) is 0 Å². The summed E-state index contributed by atoms with van der Waals surface area (Å²) in [6.45, 7) is 7.20. The first-order chi connectivity index (χ1) is 13.9. The van der Waals surface area contributed by atoms with Gasteiger partial charge in [0.25, 0.3) is 0 Å². The zero-order valence-corrected chi connectivity index (χ0v) is 17.9. The lowest BCUT2D eigenvalue weighted by Gasteiger charge is -2.23. The van der Waals surface area contributed by atoms with Gasteiger partial charge in [-0.15, -0.1) is 0 Å². The second kappa shape index (κ2) is 8.97. The van der Waals surface area contributed by atoms with Gasteiger partial charge >= 0.3 is 5.97 Å². The zero-order chi connectivity index (χ0) is 21.0. The normalized spacial score (nSPS) is 17.1. The van der Waals surface area contributed by atoms with Gasteiger partial charge in [0.2, 0.25) is 10.0 Å². The molecule has 2 atom stereocenters. The van der Waals surface area contributed by atoms with Gasteiger partial charge in [-0.1, -0.05) is 30.3 Å². The quantitative estimate of drug-likeness (QED) is 0.667. The van der Waals surface area contributed by atoms with Crippen molar-refractivity contribution < 1.29 is 17.9 Å². The predicted molar refractivity (Wildman–Crippen MR) is 113 cm³/mol. The Hall–Kier alpha value is -2.38. The molecule has 0 fully saturated rings. The van der Waals surface area contributed by atoms with Crippen LogP contribution in [0.2, 0.25) is 0 Å². The molecule has 3 rings (SSSR count). The summed E-state index contributed by atoms with van der Waals surface area (Å²) >= 11 is 0. The van der Waals surface area contributed by atoms with E-state index in [1.807, 2.05) is 18.2 Å². The summed E-state index contributed by atoms with van der Waals surface area (Å²) in [7, 11) is -3.78. The zero-order valence-electron chi connectivity index (χ0n) is 17.1. The second-order valence-corrected chi connectivity index (χ2v) is 8.94. The molecule has 1 aliphatic rings. The number of carbonyl (C=O) groups is 1. The first-order valence-electron chi connectivity index (χ1n) is 9.98. The highest BCUT2D eigenvalue weighted by Crippen LogP contribution is 2.34. The minimum absolute atomic E-state index is 0.0638. The summed E-state index contributed by atoms with van der Waals surface area (Å²) in [6, 6.07) is 13.8. The van der Waals surface area contributed by atoms with Crippen molar-refractivity contribution >= 4 is 21.7 Å². The van der Waals surface area contributed by atoms with E-state index in [1.165, 1.54) is 23.4 Å². The van der Waals surface area contributed by atoms with Crippen molar-refractivity contribution in [2.75, 3.05) is 18.1 Å². The third-order valence-electron chi connectivity index (χ3n) is 5.23. The standard InChI is InChI=1S/C22H28N2O4S/c1-4-24-16(3)13-18-14-17(11-12-21(18)24)20(15-22(25)28-5-2)23-29(26,27)19-9-7-6-8-10-19/h6-12,14,16,20,23H,4-5,13,15H2,1-3H3/t16?,20-/m0/s1. The van der Waals surface area contributed by atoms with Crippen LogP contribution in [0.5, 0.6) is 0 Å². The molecule has 2 aromatic carbocycles. The Labute approximate surface area is 172 Å². The number of likely N-dealkylation sites (N-methyl/N-ethyl adjacent to an activating group) is 1. The summed E-state index contributed by atoms with van der Waals surface area (Å²) in [5.41, 5.74) is 3.11. The number of benzene rings is 2. The van der Waals surface area contributed by atoms with Crippen LogP contribution in [0.25, 0.3) is 0 Å². The topological polar surface area (TPSA) is 75.7 Å². The average molecular weight is 417 g/mol. The summed E-state index contributed by atoms with van der Waals surface area (Å²) in [5.74, 6) is -0.433. The SMILES string of the molecule is CCOC(=O)C[C@H](NS(=O)(=O)c1ccccc1)c1ccc2c(c1)CC(C)N2CC. The molecule has 0 aliphatic carbocycles. The molecule has 1 N–H and O–H groups in total. The Morgan fingerprint density at radius 1 is 1.21 bits per heavy atom. The highest BCUT2D eigenvalue weighted by atomic mass is 32.2. The van der Waals surface area contributed by atoms with Gasteiger partial charge in [0.05, 0.1) is 24.0 Å². The molecular formula is C22H28N2O4S. The molecule has 1 unspecified atom stereocenters. The smallest absolute Gasteiger partial charge is 0.307 e. The van der Waals surface area contributed by atoms with Crippen LogP contribution in [0.4, 0.5) is 5.69 Å². The maximum Gasteiger partial charge on any atom is 0.307 e. The fraction of sp³-hybridized carbons (Fsp3) is 0.409. The van der Waals surface area contributed by atoms with Crippen molar-refractivity contribution in [1.82, 2.24) is 4.72 Å². The number of nitrogens with one attached hydrogen (secondary N) is 1. The number of fused-ring (bicyclic) bond motifs is 1. The molecule has 156 valence electrons. The predicted octanol–water partition coefficient (Wildman–Crippen LogP) is 3.43. The molecule has 0 bridgehead atoms. The lowest BCUT2D eigenvalue weighted by Crippen LogP contribution is -2.31. The maximum absolute atomic E-state index is 12.9. The van der Waals surface area contributed by atoms with Crippen molar-refractivity contribution in [3.63, 3.8) is 0 Å². The minimum Gasteiger partial charge on any atom is -0.466 e. The number of ether oxygens (including phenoxy) is 1. The fourth-order valence-electron chi connectivity index (χ4n) is 3.88. The largest absolute Gasteiger partial charge is 0.466 e. The first-order valence-corrected chi connectivity index (χ1v) is 11.5. The van der Waals surface area contributed by atoms with Crippen molar-refractivity contribution in [2.45, 2.75) is 50.6 Å². The summed E-state index contributed by atoms with van der Waals surface area (Å²) in [4.78, 5) is 14.7. The van der Waals surface area contributed by atoms with Gasteiger partial charge in [0, 0.05) is 18.3 Å². The second-order valence-electron chi connectivity index (χ2n) is 7.22. The number of hydrogen-bond acceptors (Lipinski definition) is 5. The molecule has 0 radical (unpaired) electrons. The van der Waals surface area contributed by atoms with Gasteiger partial charge < -0.3 is 9.64 Å². The summed E-state index contributed by atoms with van der Waals surface area (Å²) in [6.07, 6.45) is 0.834. The van der Waals surface area contributed by atoms with E-state index < -0.39 is 22.0 Å². The maximum atomic E-state index is 12.9. The van der Waals surface area contributed by atoms with Crippen LogP contribution < -0.4 is 9.62 Å². The number of carbonyl (C=O) groups excluding carboxylic acids is 1. The molecule has 1 aliphatic heterocycles. The fourth-order valence-corrected chi connectivity index (χ4v) is 5.13. The minimum atomic E-state index is -3.78. The van der Waals surface area contributed by atoms with Gasteiger partial charge in [0.1, 0.15) is 0 Å². The number of rotatable bonds is 8. The van der Waals surface area contributed by atoms with Gasteiger partial charge in [-0.3, -0.25) is 4.79 Å². The van der Waals surface area contributed by atoms with E-state index in [-0.39, 0.29) is 17.9 Å². The van der Waals surface area contributed by atoms with Crippen molar-refractivity contribution in [3.05, 3.63) is 59.7 Å². The lowest BCUT2D eigenvalue weighted by atomic mass is 10.00. The highest BCUT2D eigenvalue weighted by Gasteiger charge is 2.28. The first kappa shape index (κ1) is 21.3.